The van der Waals surface area contributed by atoms with Gasteiger partial charge in [0.05, 0.1) is 22.2 Å². The van der Waals surface area contributed by atoms with Gasteiger partial charge in [0.25, 0.3) is 5.91 Å². The van der Waals surface area contributed by atoms with Gasteiger partial charge >= 0.3 is 0 Å². The maximum absolute atomic E-state index is 11.8. The Morgan fingerprint density at radius 1 is 1.26 bits per heavy atom. The van der Waals surface area contributed by atoms with Crippen molar-refractivity contribution in [2.75, 3.05) is 5.75 Å². The van der Waals surface area contributed by atoms with E-state index >= 15 is 0 Å². The maximum Gasteiger partial charge on any atom is 0.250 e. The molecule has 2 aromatic carbocycles. The molecule has 1 amide bonds. The van der Waals surface area contributed by atoms with E-state index in [1.807, 2.05) is 48.5 Å². The standard InChI is InChI=1S/C16H12IN3OS2/c17-12-6-2-1-5-11(12)9-18-20-15(21)10-22-16-19-13-7-3-4-8-14(13)23-16/h1-9H,10H2,(H,20,21)/b18-9-. The second-order valence-electron chi connectivity index (χ2n) is 4.55. The molecule has 0 radical (unpaired) electrons. The molecular weight excluding hydrogens is 441 g/mol. The van der Waals surface area contributed by atoms with Crippen molar-refractivity contribution in [2.45, 2.75) is 4.34 Å². The van der Waals surface area contributed by atoms with Crippen LogP contribution in [0.5, 0.6) is 0 Å². The Hall–Kier alpha value is -1.45. The van der Waals surface area contributed by atoms with Crippen LogP contribution in [-0.2, 0) is 4.79 Å². The number of nitrogens with zero attached hydrogens (tertiary/aromatic N) is 2. The smallest absolute Gasteiger partial charge is 0.250 e. The average Bonchev–Trinajstić information content (AvgIpc) is 2.98. The van der Waals surface area contributed by atoms with E-state index in [4.69, 9.17) is 0 Å². The van der Waals surface area contributed by atoms with Gasteiger partial charge in [0.2, 0.25) is 0 Å². The summed E-state index contributed by atoms with van der Waals surface area (Å²) in [6.45, 7) is 0. The van der Waals surface area contributed by atoms with E-state index in [9.17, 15) is 4.79 Å². The van der Waals surface area contributed by atoms with Gasteiger partial charge in [-0.2, -0.15) is 5.10 Å². The predicted molar refractivity (Wildman–Crippen MR) is 105 cm³/mol. The summed E-state index contributed by atoms with van der Waals surface area (Å²) >= 11 is 5.25. The molecule has 0 aliphatic heterocycles. The molecule has 0 bridgehead atoms. The van der Waals surface area contributed by atoms with E-state index < -0.39 is 0 Å². The van der Waals surface area contributed by atoms with Crippen molar-refractivity contribution in [1.82, 2.24) is 10.4 Å². The zero-order chi connectivity index (χ0) is 16.1. The van der Waals surface area contributed by atoms with Crippen LogP contribution >= 0.6 is 45.7 Å². The normalized spacial score (nSPS) is 11.2. The molecule has 4 nitrogen and oxygen atoms in total. The number of amides is 1. The second kappa shape index (κ2) is 7.89. The van der Waals surface area contributed by atoms with Gasteiger partial charge in [-0.15, -0.1) is 11.3 Å². The van der Waals surface area contributed by atoms with E-state index in [1.165, 1.54) is 11.8 Å². The molecule has 0 unspecified atom stereocenters. The zero-order valence-electron chi connectivity index (χ0n) is 11.9. The molecule has 0 fully saturated rings. The van der Waals surface area contributed by atoms with Gasteiger partial charge in [0.1, 0.15) is 0 Å². The molecule has 7 heteroatoms. The number of halogens is 1. The van der Waals surface area contributed by atoms with Crippen LogP contribution in [0.3, 0.4) is 0 Å². The van der Waals surface area contributed by atoms with Crippen LogP contribution in [0, 0.1) is 3.57 Å². The number of aromatic nitrogens is 1. The van der Waals surface area contributed by atoms with E-state index in [1.54, 1.807) is 17.6 Å². The van der Waals surface area contributed by atoms with E-state index in [2.05, 4.69) is 38.1 Å². The number of rotatable bonds is 5. The van der Waals surface area contributed by atoms with Crippen molar-refractivity contribution in [3.05, 3.63) is 57.7 Å². The number of carbonyl (C=O) groups excluding carboxylic acids is 1. The highest BCUT2D eigenvalue weighted by Gasteiger charge is 2.06. The predicted octanol–water partition coefficient (Wildman–Crippen LogP) is 4.14. The Morgan fingerprint density at radius 2 is 2.04 bits per heavy atom. The summed E-state index contributed by atoms with van der Waals surface area (Å²) in [5.41, 5.74) is 4.49. The van der Waals surface area contributed by atoms with Crippen LogP contribution in [-0.4, -0.2) is 22.9 Å². The number of para-hydroxylation sites is 1. The molecule has 0 saturated heterocycles. The minimum atomic E-state index is -0.142. The highest BCUT2D eigenvalue weighted by molar-refractivity contribution is 14.1. The zero-order valence-corrected chi connectivity index (χ0v) is 15.7. The van der Waals surface area contributed by atoms with Gasteiger partial charge in [-0.25, -0.2) is 10.4 Å². The van der Waals surface area contributed by atoms with Crippen molar-refractivity contribution in [1.29, 1.82) is 0 Å². The van der Waals surface area contributed by atoms with E-state index in [0.29, 0.717) is 5.75 Å². The summed E-state index contributed by atoms with van der Waals surface area (Å²) in [5.74, 6) is 0.153. The quantitative estimate of drug-likeness (QED) is 0.274. The van der Waals surface area contributed by atoms with Gasteiger partial charge in [-0.05, 0) is 40.8 Å². The Balaban J connectivity index is 1.52. The number of carbonyl (C=O) groups is 1. The Kier molecular flexibility index (Phi) is 5.63. The lowest BCUT2D eigenvalue weighted by Crippen LogP contribution is -2.19. The Bertz CT molecular complexity index is 830. The van der Waals surface area contributed by atoms with Crippen LogP contribution in [0.2, 0.25) is 0 Å². The molecule has 3 rings (SSSR count). The van der Waals surface area contributed by atoms with Gasteiger partial charge < -0.3 is 0 Å². The number of nitrogens with one attached hydrogen (secondary N) is 1. The summed E-state index contributed by atoms with van der Waals surface area (Å²) in [6, 6.07) is 15.8. The van der Waals surface area contributed by atoms with Crippen LogP contribution in [0.1, 0.15) is 5.56 Å². The summed E-state index contributed by atoms with van der Waals surface area (Å²) < 4.78 is 3.11. The lowest BCUT2D eigenvalue weighted by Gasteiger charge is -1.99. The molecule has 3 aromatic rings. The maximum atomic E-state index is 11.8. The molecule has 0 aliphatic carbocycles. The van der Waals surface area contributed by atoms with E-state index in [-0.39, 0.29) is 5.91 Å². The minimum Gasteiger partial charge on any atom is -0.272 e. The Labute approximate surface area is 155 Å². The number of benzene rings is 2. The molecule has 0 aliphatic rings. The highest BCUT2D eigenvalue weighted by atomic mass is 127. The first kappa shape index (κ1) is 16.4. The molecule has 23 heavy (non-hydrogen) atoms. The number of hydrazone groups is 1. The molecular formula is C16H12IN3OS2. The van der Waals surface area contributed by atoms with Gasteiger partial charge in [-0.1, -0.05) is 42.1 Å². The molecule has 0 atom stereocenters. The fourth-order valence-electron chi connectivity index (χ4n) is 1.83. The van der Waals surface area contributed by atoms with Crippen LogP contribution < -0.4 is 5.43 Å². The number of hydrogen-bond donors (Lipinski definition) is 1. The largest absolute Gasteiger partial charge is 0.272 e. The molecule has 0 spiro atoms. The van der Waals surface area contributed by atoms with Gasteiger partial charge in [0.15, 0.2) is 4.34 Å². The van der Waals surface area contributed by atoms with Crippen LogP contribution in [0.4, 0.5) is 0 Å². The molecule has 0 saturated carbocycles. The summed E-state index contributed by atoms with van der Waals surface area (Å²) in [4.78, 5) is 16.3. The van der Waals surface area contributed by atoms with Crippen LogP contribution in [0.25, 0.3) is 10.2 Å². The fourth-order valence-corrected chi connectivity index (χ4v) is 4.21. The third kappa shape index (κ3) is 4.52. The molecule has 1 aromatic heterocycles. The van der Waals surface area contributed by atoms with Crippen molar-refractivity contribution < 1.29 is 4.79 Å². The number of thiazole rings is 1. The SMILES string of the molecule is O=C(CSc1nc2ccccc2s1)N/N=C\c1ccccc1I. The average molecular weight is 453 g/mol. The highest BCUT2D eigenvalue weighted by Crippen LogP contribution is 2.28. The lowest BCUT2D eigenvalue weighted by molar-refractivity contribution is -0.118. The van der Waals surface area contributed by atoms with E-state index in [0.717, 1.165) is 23.7 Å². The lowest BCUT2D eigenvalue weighted by atomic mass is 10.2. The number of thioether (sulfide) groups is 1. The summed E-state index contributed by atoms with van der Waals surface area (Å²) in [5, 5.41) is 4.00. The van der Waals surface area contributed by atoms with Crippen LogP contribution in [0.15, 0.2) is 58.0 Å². The monoisotopic (exact) mass is 453 g/mol. The third-order valence-corrected chi connectivity index (χ3v) is 6.06. The topological polar surface area (TPSA) is 54.4 Å². The first-order chi connectivity index (χ1) is 11.2. The van der Waals surface area contributed by atoms with Crippen molar-refractivity contribution in [3.63, 3.8) is 0 Å². The minimum absolute atomic E-state index is 0.142. The van der Waals surface area contributed by atoms with Gasteiger partial charge in [0, 0.05) is 9.13 Å². The fraction of sp³-hybridized carbons (Fsp3) is 0.0625. The van der Waals surface area contributed by atoms with Crippen molar-refractivity contribution in [3.8, 4) is 0 Å². The van der Waals surface area contributed by atoms with Crippen molar-refractivity contribution in [2.24, 2.45) is 5.10 Å². The molecule has 116 valence electrons. The first-order valence-electron chi connectivity index (χ1n) is 6.77. The Morgan fingerprint density at radius 3 is 2.87 bits per heavy atom. The van der Waals surface area contributed by atoms with Crippen molar-refractivity contribution >= 4 is 68.0 Å². The number of fused-ring (bicyclic) bond motifs is 1. The third-order valence-electron chi connectivity index (χ3n) is 2.90. The number of hydrogen-bond acceptors (Lipinski definition) is 5. The summed E-state index contributed by atoms with van der Waals surface area (Å²) in [6.07, 6.45) is 1.65. The summed E-state index contributed by atoms with van der Waals surface area (Å²) in [7, 11) is 0. The molecule has 1 N–H and O–H groups in total. The second-order valence-corrected chi connectivity index (χ2v) is 7.97. The molecule has 1 heterocycles. The first-order valence-corrected chi connectivity index (χ1v) is 9.65. The van der Waals surface area contributed by atoms with Gasteiger partial charge in [-0.3, -0.25) is 4.79 Å².